The zero-order valence-corrected chi connectivity index (χ0v) is 15.1. The van der Waals surface area contributed by atoms with Crippen LogP contribution in [0.2, 0.25) is 0 Å². The molecule has 0 aliphatic carbocycles. The lowest BCUT2D eigenvalue weighted by molar-refractivity contribution is -0.387. The summed E-state index contributed by atoms with van der Waals surface area (Å²) < 4.78 is 20.3. The predicted octanol–water partition coefficient (Wildman–Crippen LogP) is 3.16. The summed E-state index contributed by atoms with van der Waals surface area (Å²) >= 11 is 1.15. The van der Waals surface area contributed by atoms with Crippen LogP contribution in [0.1, 0.15) is 5.76 Å². The van der Waals surface area contributed by atoms with Crippen molar-refractivity contribution in [3.63, 3.8) is 0 Å². The number of aryl methyl sites for hydroxylation is 1. The van der Waals surface area contributed by atoms with E-state index < -0.39 is 22.3 Å². The number of carbonyl (C=O) groups is 1. The van der Waals surface area contributed by atoms with Gasteiger partial charge >= 0.3 is 5.69 Å². The molecule has 2 heterocycles. The summed E-state index contributed by atoms with van der Waals surface area (Å²) in [6.07, 6.45) is 1.56. The Bertz CT molecular complexity index is 1020. The molecule has 1 amide bonds. The van der Waals surface area contributed by atoms with Crippen molar-refractivity contribution < 1.29 is 18.5 Å². The lowest BCUT2D eigenvalue weighted by atomic mass is 10.2. The van der Waals surface area contributed by atoms with Gasteiger partial charge in [0.05, 0.1) is 22.5 Å². The van der Waals surface area contributed by atoms with E-state index in [1.807, 2.05) is 6.92 Å². The third-order valence-electron chi connectivity index (χ3n) is 3.69. The highest BCUT2D eigenvalue weighted by molar-refractivity contribution is 7.99. The Hall–Kier alpha value is -3.21. The van der Waals surface area contributed by atoms with Gasteiger partial charge in [-0.1, -0.05) is 11.8 Å². The third kappa shape index (κ3) is 3.97. The summed E-state index contributed by atoms with van der Waals surface area (Å²) in [5.41, 5.74) is 0.246. The Morgan fingerprint density at radius 1 is 1.41 bits per heavy atom. The number of thioether (sulfide) groups is 1. The second kappa shape index (κ2) is 7.58. The van der Waals surface area contributed by atoms with E-state index in [9.17, 15) is 19.3 Å². The molecule has 9 nitrogen and oxygen atoms in total. The van der Waals surface area contributed by atoms with E-state index in [1.165, 1.54) is 6.07 Å². The third-order valence-corrected chi connectivity index (χ3v) is 4.71. The summed E-state index contributed by atoms with van der Waals surface area (Å²) in [5.74, 6) is -0.0592. The van der Waals surface area contributed by atoms with Crippen molar-refractivity contribution in [3.05, 3.63) is 52.2 Å². The van der Waals surface area contributed by atoms with Crippen molar-refractivity contribution in [1.82, 2.24) is 14.8 Å². The average Bonchev–Trinajstić information content (AvgIpc) is 3.20. The van der Waals surface area contributed by atoms with Gasteiger partial charge in [-0.2, -0.15) is 4.39 Å². The number of nitrogens with one attached hydrogen (secondary N) is 1. The van der Waals surface area contributed by atoms with Crippen molar-refractivity contribution in [1.29, 1.82) is 0 Å². The van der Waals surface area contributed by atoms with Crippen LogP contribution in [0.3, 0.4) is 0 Å². The molecular weight excluding hydrogens is 377 g/mol. The Balaban J connectivity index is 1.65. The molecule has 0 radical (unpaired) electrons. The fourth-order valence-corrected chi connectivity index (χ4v) is 3.06. The van der Waals surface area contributed by atoms with Crippen LogP contribution in [0.5, 0.6) is 0 Å². The molecule has 27 heavy (non-hydrogen) atoms. The van der Waals surface area contributed by atoms with Gasteiger partial charge in [-0.05, 0) is 25.1 Å². The highest BCUT2D eigenvalue weighted by atomic mass is 32.2. The molecule has 0 aliphatic heterocycles. The summed E-state index contributed by atoms with van der Waals surface area (Å²) in [6.45, 7) is 1.81. The molecule has 0 bridgehead atoms. The molecule has 1 N–H and O–H groups in total. The molecule has 0 saturated carbocycles. The fraction of sp³-hybridized carbons (Fsp3) is 0.188. The topological polar surface area (TPSA) is 116 Å². The molecule has 140 valence electrons. The van der Waals surface area contributed by atoms with Crippen LogP contribution < -0.4 is 5.32 Å². The van der Waals surface area contributed by atoms with Gasteiger partial charge in [-0.25, -0.2) is 0 Å². The monoisotopic (exact) mass is 391 g/mol. The number of benzene rings is 1. The summed E-state index contributed by atoms with van der Waals surface area (Å²) in [4.78, 5) is 22.0. The Labute approximate surface area is 156 Å². The van der Waals surface area contributed by atoms with Crippen molar-refractivity contribution in [3.8, 4) is 11.4 Å². The van der Waals surface area contributed by atoms with Crippen LogP contribution in [0, 0.1) is 22.9 Å². The number of anilines is 1. The van der Waals surface area contributed by atoms with E-state index >= 15 is 0 Å². The van der Waals surface area contributed by atoms with Crippen LogP contribution in [0.15, 0.2) is 40.1 Å². The molecule has 0 atom stereocenters. The van der Waals surface area contributed by atoms with E-state index in [4.69, 9.17) is 4.42 Å². The lowest BCUT2D eigenvalue weighted by Crippen LogP contribution is -2.14. The summed E-state index contributed by atoms with van der Waals surface area (Å²) in [6, 6.07) is 4.94. The number of halogens is 1. The highest BCUT2D eigenvalue weighted by Crippen LogP contribution is 2.26. The van der Waals surface area contributed by atoms with E-state index in [1.54, 1.807) is 23.9 Å². The van der Waals surface area contributed by atoms with Gasteiger partial charge in [0.2, 0.25) is 11.7 Å². The lowest BCUT2D eigenvalue weighted by Gasteiger charge is -2.06. The average molecular weight is 391 g/mol. The molecule has 0 fully saturated rings. The standard InChI is InChI=1S/C16H14FN5O4S/c1-9-11(5-6-26-9)15-19-20-16(21(15)2)27-8-14(23)18-10-3-4-12(17)13(7-10)22(24)25/h3-7H,8H2,1-2H3,(H,18,23). The second-order valence-corrected chi connectivity index (χ2v) is 6.46. The first kappa shape index (κ1) is 18.6. The number of carbonyl (C=O) groups excluding carboxylic acids is 1. The maximum absolute atomic E-state index is 13.3. The minimum atomic E-state index is -0.964. The summed E-state index contributed by atoms with van der Waals surface area (Å²) in [5, 5.41) is 21.9. The molecule has 0 spiro atoms. The van der Waals surface area contributed by atoms with E-state index in [-0.39, 0.29) is 11.4 Å². The predicted molar refractivity (Wildman–Crippen MR) is 95.9 cm³/mol. The number of hydrogen-bond acceptors (Lipinski definition) is 7. The first-order valence-corrected chi connectivity index (χ1v) is 8.66. The number of nitro benzene ring substituents is 1. The van der Waals surface area contributed by atoms with Crippen molar-refractivity contribution in [2.75, 3.05) is 11.1 Å². The number of aromatic nitrogens is 3. The maximum atomic E-state index is 13.3. The molecule has 0 aliphatic rings. The first-order valence-electron chi connectivity index (χ1n) is 7.67. The van der Waals surface area contributed by atoms with Gasteiger partial charge in [0.15, 0.2) is 11.0 Å². The molecule has 0 saturated heterocycles. The second-order valence-electron chi connectivity index (χ2n) is 5.52. The molecule has 3 rings (SSSR count). The van der Waals surface area contributed by atoms with Gasteiger partial charge in [0, 0.05) is 18.8 Å². The van der Waals surface area contributed by atoms with E-state index in [2.05, 4.69) is 15.5 Å². The van der Waals surface area contributed by atoms with Crippen LogP contribution in [-0.2, 0) is 11.8 Å². The quantitative estimate of drug-likeness (QED) is 0.390. The SMILES string of the molecule is Cc1occc1-c1nnc(SCC(=O)Nc2ccc(F)c([N+](=O)[O-])c2)n1C. The van der Waals surface area contributed by atoms with Crippen LogP contribution >= 0.6 is 11.8 Å². The molecular formula is C16H14FN5O4S. The summed E-state index contributed by atoms with van der Waals surface area (Å²) in [7, 11) is 1.77. The highest BCUT2D eigenvalue weighted by Gasteiger charge is 2.17. The molecule has 2 aromatic heterocycles. The van der Waals surface area contributed by atoms with Gasteiger partial charge in [-0.3, -0.25) is 14.9 Å². The van der Waals surface area contributed by atoms with Gasteiger partial charge in [0.25, 0.3) is 0 Å². The number of rotatable bonds is 6. The number of amides is 1. The van der Waals surface area contributed by atoms with Gasteiger partial charge < -0.3 is 14.3 Å². The number of nitrogens with zero attached hydrogens (tertiary/aromatic N) is 4. The number of hydrogen-bond donors (Lipinski definition) is 1. The molecule has 11 heteroatoms. The smallest absolute Gasteiger partial charge is 0.306 e. The minimum absolute atomic E-state index is 0.00150. The van der Waals surface area contributed by atoms with Gasteiger partial charge in [0.1, 0.15) is 5.76 Å². The Kier molecular flexibility index (Phi) is 5.21. The van der Waals surface area contributed by atoms with Crippen LogP contribution in [-0.4, -0.2) is 31.3 Å². The first-order chi connectivity index (χ1) is 12.9. The van der Waals surface area contributed by atoms with Crippen LogP contribution in [0.25, 0.3) is 11.4 Å². The maximum Gasteiger partial charge on any atom is 0.306 e. The van der Waals surface area contributed by atoms with E-state index in [0.29, 0.717) is 16.7 Å². The van der Waals surface area contributed by atoms with E-state index in [0.717, 1.165) is 29.5 Å². The van der Waals surface area contributed by atoms with Crippen molar-refractivity contribution in [2.45, 2.75) is 12.1 Å². The Morgan fingerprint density at radius 3 is 2.85 bits per heavy atom. The zero-order valence-electron chi connectivity index (χ0n) is 14.3. The van der Waals surface area contributed by atoms with Crippen LogP contribution in [0.4, 0.5) is 15.8 Å². The number of nitro groups is 1. The van der Waals surface area contributed by atoms with Crippen molar-refractivity contribution >= 4 is 29.0 Å². The zero-order chi connectivity index (χ0) is 19.6. The normalized spacial score (nSPS) is 10.8. The Morgan fingerprint density at radius 2 is 2.19 bits per heavy atom. The van der Waals surface area contributed by atoms with Gasteiger partial charge in [-0.15, -0.1) is 10.2 Å². The molecule has 0 unspecified atom stereocenters. The minimum Gasteiger partial charge on any atom is -0.469 e. The van der Waals surface area contributed by atoms with Crippen molar-refractivity contribution in [2.24, 2.45) is 7.05 Å². The molecule has 3 aromatic rings. The molecule has 1 aromatic carbocycles. The fourth-order valence-electron chi connectivity index (χ4n) is 2.35. The number of furan rings is 1. The largest absolute Gasteiger partial charge is 0.469 e.